The summed E-state index contributed by atoms with van der Waals surface area (Å²) in [4.78, 5) is 25.6. The van der Waals surface area contributed by atoms with E-state index in [0.717, 1.165) is 6.92 Å². The second-order valence-corrected chi connectivity index (χ2v) is 4.51. The van der Waals surface area contributed by atoms with Crippen molar-refractivity contribution in [3.05, 3.63) is 29.1 Å². The molecule has 1 atom stereocenters. The summed E-state index contributed by atoms with van der Waals surface area (Å²) in [5, 5.41) is 10.3. The van der Waals surface area contributed by atoms with Crippen molar-refractivity contribution >= 4 is 11.9 Å². The zero-order valence-electron chi connectivity index (χ0n) is 11.4. The SMILES string of the molecule is Cc1nc(C(F)(F)F)ccc1C(=O)NC(CC(F)(F)F)C(=O)O. The lowest BCUT2D eigenvalue weighted by molar-refractivity contribution is -0.157. The highest BCUT2D eigenvalue weighted by atomic mass is 19.4. The molecule has 0 aromatic carbocycles. The van der Waals surface area contributed by atoms with Gasteiger partial charge in [0.05, 0.1) is 17.7 Å². The lowest BCUT2D eigenvalue weighted by Gasteiger charge is -2.17. The molecule has 1 aromatic rings. The van der Waals surface area contributed by atoms with Gasteiger partial charge in [0, 0.05) is 0 Å². The number of amides is 1. The maximum absolute atomic E-state index is 12.4. The Morgan fingerprint density at radius 1 is 1.22 bits per heavy atom. The largest absolute Gasteiger partial charge is 0.480 e. The molecule has 1 heterocycles. The van der Waals surface area contributed by atoms with Gasteiger partial charge in [0.15, 0.2) is 0 Å². The summed E-state index contributed by atoms with van der Waals surface area (Å²) in [5.41, 5.74) is -2.13. The Morgan fingerprint density at radius 2 is 1.78 bits per heavy atom. The molecule has 1 unspecified atom stereocenters. The first-order valence-electron chi connectivity index (χ1n) is 5.96. The third-order valence-corrected chi connectivity index (χ3v) is 2.66. The average Bonchev–Trinajstić information content (AvgIpc) is 2.34. The summed E-state index contributed by atoms with van der Waals surface area (Å²) >= 11 is 0. The Balaban J connectivity index is 2.99. The number of aromatic nitrogens is 1. The Hall–Kier alpha value is -2.33. The highest BCUT2D eigenvalue weighted by molar-refractivity contribution is 5.97. The van der Waals surface area contributed by atoms with Crippen LogP contribution in [0.25, 0.3) is 0 Å². The molecule has 0 aliphatic rings. The normalized spacial score (nSPS) is 13.5. The monoisotopic (exact) mass is 344 g/mol. The van der Waals surface area contributed by atoms with Gasteiger partial charge in [0.2, 0.25) is 0 Å². The van der Waals surface area contributed by atoms with Crippen LogP contribution in [0.4, 0.5) is 26.3 Å². The predicted octanol–water partition coefficient (Wildman–Crippen LogP) is 2.54. The number of carboxylic acid groups (broad SMARTS) is 1. The average molecular weight is 344 g/mol. The number of rotatable bonds is 4. The van der Waals surface area contributed by atoms with Crippen molar-refractivity contribution in [3.63, 3.8) is 0 Å². The Morgan fingerprint density at radius 3 is 2.17 bits per heavy atom. The highest BCUT2D eigenvalue weighted by Gasteiger charge is 2.37. The van der Waals surface area contributed by atoms with Gasteiger partial charge >= 0.3 is 18.3 Å². The summed E-state index contributed by atoms with van der Waals surface area (Å²) in [6.07, 6.45) is -11.4. The molecular weight excluding hydrogens is 334 g/mol. The molecule has 1 aromatic heterocycles. The third-order valence-electron chi connectivity index (χ3n) is 2.66. The predicted molar refractivity (Wildman–Crippen MR) is 63.5 cm³/mol. The Labute approximate surface area is 125 Å². The second-order valence-electron chi connectivity index (χ2n) is 4.51. The lowest BCUT2D eigenvalue weighted by atomic mass is 10.1. The second kappa shape index (κ2) is 6.42. The van der Waals surface area contributed by atoms with Crippen molar-refractivity contribution in [2.75, 3.05) is 0 Å². The summed E-state index contributed by atoms with van der Waals surface area (Å²) in [7, 11) is 0. The lowest BCUT2D eigenvalue weighted by Crippen LogP contribution is -2.43. The molecule has 0 aliphatic carbocycles. The number of carbonyl (C=O) groups is 2. The van der Waals surface area contributed by atoms with Gasteiger partial charge < -0.3 is 10.4 Å². The van der Waals surface area contributed by atoms with Crippen LogP contribution >= 0.6 is 0 Å². The first-order valence-corrected chi connectivity index (χ1v) is 5.96. The number of nitrogens with zero attached hydrogens (tertiary/aromatic N) is 1. The Bertz CT molecular complexity index is 612. The number of carboxylic acids is 1. The van der Waals surface area contributed by atoms with Gasteiger partial charge in [0.25, 0.3) is 5.91 Å². The van der Waals surface area contributed by atoms with E-state index in [2.05, 4.69) is 4.98 Å². The van der Waals surface area contributed by atoms with E-state index in [-0.39, 0.29) is 0 Å². The topological polar surface area (TPSA) is 79.3 Å². The van der Waals surface area contributed by atoms with Crippen molar-refractivity contribution < 1.29 is 41.0 Å². The molecule has 0 saturated carbocycles. The molecule has 0 fully saturated rings. The number of alkyl halides is 6. The number of carbonyl (C=O) groups excluding carboxylic acids is 1. The number of halogens is 6. The maximum Gasteiger partial charge on any atom is 0.433 e. The van der Waals surface area contributed by atoms with Crippen molar-refractivity contribution in [1.29, 1.82) is 0 Å². The number of pyridine rings is 1. The van der Waals surface area contributed by atoms with Gasteiger partial charge in [-0.1, -0.05) is 0 Å². The zero-order valence-corrected chi connectivity index (χ0v) is 11.4. The van der Waals surface area contributed by atoms with Gasteiger partial charge in [-0.15, -0.1) is 0 Å². The summed E-state index contributed by atoms with van der Waals surface area (Å²) in [5.74, 6) is -3.19. The molecule has 128 valence electrons. The van der Waals surface area contributed by atoms with Crippen LogP contribution in [0.2, 0.25) is 0 Å². The molecule has 5 nitrogen and oxygen atoms in total. The number of hydrogen-bond donors (Lipinski definition) is 2. The van der Waals surface area contributed by atoms with Gasteiger partial charge in [-0.05, 0) is 19.1 Å². The van der Waals surface area contributed by atoms with Crippen molar-refractivity contribution in [3.8, 4) is 0 Å². The molecule has 0 saturated heterocycles. The summed E-state index contributed by atoms with van der Waals surface area (Å²) < 4.78 is 74.0. The smallest absolute Gasteiger partial charge is 0.433 e. The molecule has 0 aliphatic heterocycles. The number of aliphatic carboxylic acids is 1. The molecule has 1 amide bonds. The quantitative estimate of drug-likeness (QED) is 0.823. The van der Waals surface area contributed by atoms with Crippen LogP contribution in [0, 0.1) is 6.92 Å². The minimum atomic E-state index is -4.84. The van der Waals surface area contributed by atoms with Crippen LogP contribution < -0.4 is 5.32 Å². The van der Waals surface area contributed by atoms with Gasteiger partial charge in [-0.25, -0.2) is 9.78 Å². The van der Waals surface area contributed by atoms with E-state index >= 15 is 0 Å². The van der Waals surface area contributed by atoms with E-state index in [1.165, 1.54) is 0 Å². The fourth-order valence-electron chi connectivity index (χ4n) is 1.63. The van der Waals surface area contributed by atoms with Crippen LogP contribution in [-0.4, -0.2) is 34.2 Å². The number of aryl methyl sites for hydroxylation is 1. The van der Waals surface area contributed by atoms with Gasteiger partial charge in [0.1, 0.15) is 11.7 Å². The zero-order chi connectivity index (χ0) is 18.0. The van der Waals surface area contributed by atoms with Crippen molar-refractivity contribution in [2.45, 2.75) is 31.7 Å². The van der Waals surface area contributed by atoms with Crippen LogP contribution in [0.5, 0.6) is 0 Å². The molecule has 11 heteroatoms. The minimum Gasteiger partial charge on any atom is -0.480 e. The van der Waals surface area contributed by atoms with Gasteiger partial charge in [-0.2, -0.15) is 26.3 Å². The summed E-state index contributed by atoms with van der Waals surface area (Å²) in [6, 6.07) is -1.07. The molecule has 0 bridgehead atoms. The Kier molecular flexibility index (Phi) is 5.23. The fraction of sp³-hybridized carbons (Fsp3) is 0.417. The van der Waals surface area contributed by atoms with E-state index in [4.69, 9.17) is 5.11 Å². The molecular formula is C12H10F6N2O3. The first kappa shape index (κ1) is 18.7. The van der Waals surface area contributed by atoms with Crippen LogP contribution in [0.15, 0.2) is 12.1 Å². The standard InChI is InChI=1S/C12H10F6N2O3/c1-5-6(2-3-8(19-5)12(16,17)18)9(21)20-7(10(22)23)4-11(13,14)15/h2-3,7H,4H2,1H3,(H,20,21)(H,22,23). The fourth-order valence-corrected chi connectivity index (χ4v) is 1.63. The van der Waals surface area contributed by atoms with E-state index in [0.29, 0.717) is 12.1 Å². The van der Waals surface area contributed by atoms with E-state index in [9.17, 15) is 35.9 Å². The third kappa shape index (κ3) is 5.42. The van der Waals surface area contributed by atoms with Crippen LogP contribution in [0.1, 0.15) is 28.2 Å². The van der Waals surface area contributed by atoms with E-state index < -0.39 is 53.6 Å². The summed E-state index contributed by atoms with van der Waals surface area (Å²) in [6.45, 7) is 1.05. The molecule has 1 rings (SSSR count). The molecule has 23 heavy (non-hydrogen) atoms. The van der Waals surface area contributed by atoms with Gasteiger partial charge in [-0.3, -0.25) is 4.79 Å². The van der Waals surface area contributed by atoms with Crippen LogP contribution in [0.3, 0.4) is 0 Å². The molecule has 2 N–H and O–H groups in total. The number of nitrogens with one attached hydrogen (secondary N) is 1. The minimum absolute atomic E-state index is 0.395. The molecule has 0 spiro atoms. The van der Waals surface area contributed by atoms with Crippen LogP contribution in [-0.2, 0) is 11.0 Å². The van der Waals surface area contributed by atoms with Crippen molar-refractivity contribution in [1.82, 2.24) is 10.3 Å². The number of hydrogen-bond acceptors (Lipinski definition) is 3. The highest BCUT2D eigenvalue weighted by Crippen LogP contribution is 2.28. The first-order chi connectivity index (χ1) is 10.3. The van der Waals surface area contributed by atoms with E-state index in [1.807, 2.05) is 0 Å². The van der Waals surface area contributed by atoms with Crippen molar-refractivity contribution in [2.24, 2.45) is 0 Å². The van der Waals surface area contributed by atoms with E-state index in [1.54, 1.807) is 5.32 Å². The maximum atomic E-state index is 12.4. The molecule has 0 radical (unpaired) electrons.